The molecule has 0 spiro atoms. The van der Waals surface area contributed by atoms with E-state index in [1.807, 2.05) is 0 Å². The van der Waals surface area contributed by atoms with E-state index in [9.17, 15) is 57.1 Å². The lowest BCUT2D eigenvalue weighted by Gasteiger charge is -2.27. The molecule has 1 aromatic carbocycles. The molecule has 1 aromatic rings. The number of alkyl halides is 10. The maximum atomic E-state index is 13.1. The number of halogens is 10. The number of rotatable bonds is 6. The number of benzene rings is 1. The summed E-state index contributed by atoms with van der Waals surface area (Å²) >= 11 is -1.35. The van der Waals surface area contributed by atoms with E-state index in [0.29, 0.717) is 12.1 Å². The minimum atomic E-state index is -6.60. The smallest absolute Gasteiger partial charge is 0.325 e. The number of sulfone groups is 1. The van der Waals surface area contributed by atoms with Crippen LogP contribution in [0.3, 0.4) is 0 Å². The number of carbonyl (C=O) groups is 1. The number of amides is 1. The van der Waals surface area contributed by atoms with Crippen LogP contribution in [0.1, 0.15) is 5.56 Å². The first kappa shape index (κ1) is 25.3. The number of hydrogen-bond donors (Lipinski definition) is 1. The van der Waals surface area contributed by atoms with Gasteiger partial charge in [-0.1, -0.05) is 17.8 Å². The highest BCUT2D eigenvalue weighted by molar-refractivity contribution is 8.01. The average Bonchev–Trinajstić information content (AvgIpc) is 2.52. The highest BCUT2D eigenvalue weighted by Crippen LogP contribution is 2.51. The summed E-state index contributed by atoms with van der Waals surface area (Å²) < 4.78 is 148. The Morgan fingerprint density at radius 2 is 1.52 bits per heavy atom. The summed E-state index contributed by atoms with van der Waals surface area (Å²) in [5, 5.41) is -4.04. The standard InChI is InChI=1S/C13H9F10NO3S2/c1-6-2-3-7(29(26,27)13(21,22)23)4-8(6)24-9(25)5-28-12(19,20)10(14,15)11(16,17)18/h2-4H,5H2,1H3,(H,24,25). The Morgan fingerprint density at radius 3 is 1.97 bits per heavy atom. The van der Waals surface area contributed by atoms with Crippen molar-refractivity contribution in [3.05, 3.63) is 23.8 Å². The van der Waals surface area contributed by atoms with Gasteiger partial charge in [-0.3, -0.25) is 4.79 Å². The van der Waals surface area contributed by atoms with Crippen LogP contribution in [0, 0.1) is 6.92 Å². The van der Waals surface area contributed by atoms with Gasteiger partial charge in [0, 0.05) is 5.69 Å². The van der Waals surface area contributed by atoms with Crippen molar-refractivity contribution in [2.45, 2.75) is 34.7 Å². The quantitative estimate of drug-likeness (QED) is 0.596. The van der Waals surface area contributed by atoms with E-state index in [0.717, 1.165) is 6.07 Å². The summed E-state index contributed by atoms with van der Waals surface area (Å²) in [5.74, 6) is -9.69. The molecule has 0 fully saturated rings. The fraction of sp³-hybridized carbons (Fsp3) is 0.462. The van der Waals surface area contributed by atoms with E-state index in [4.69, 9.17) is 0 Å². The Balaban J connectivity index is 3.01. The second kappa shape index (κ2) is 7.85. The van der Waals surface area contributed by atoms with Gasteiger partial charge in [-0.2, -0.15) is 43.9 Å². The van der Waals surface area contributed by atoms with Crippen LogP contribution >= 0.6 is 11.8 Å². The second-order valence-electron chi connectivity index (χ2n) is 5.35. The molecule has 0 saturated carbocycles. The van der Waals surface area contributed by atoms with Crippen LogP contribution in [-0.2, 0) is 14.6 Å². The van der Waals surface area contributed by atoms with Crippen LogP contribution in [-0.4, -0.2) is 42.9 Å². The van der Waals surface area contributed by atoms with Gasteiger partial charge in [0.2, 0.25) is 5.91 Å². The summed E-state index contributed by atoms with van der Waals surface area (Å²) in [6.45, 7) is 1.17. The predicted octanol–water partition coefficient (Wildman–Crippen LogP) is 4.75. The van der Waals surface area contributed by atoms with E-state index in [2.05, 4.69) is 0 Å². The molecule has 0 saturated heterocycles. The molecule has 0 aliphatic rings. The lowest BCUT2D eigenvalue weighted by Crippen LogP contribution is -2.50. The topological polar surface area (TPSA) is 63.2 Å². The van der Waals surface area contributed by atoms with Crippen LogP contribution in [0.4, 0.5) is 49.6 Å². The van der Waals surface area contributed by atoms with Crippen molar-refractivity contribution in [3.63, 3.8) is 0 Å². The maximum Gasteiger partial charge on any atom is 0.501 e. The zero-order valence-electron chi connectivity index (χ0n) is 13.8. The third kappa shape index (κ3) is 5.26. The van der Waals surface area contributed by atoms with Gasteiger partial charge in [-0.15, -0.1) is 0 Å². The van der Waals surface area contributed by atoms with Gasteiger partial charge in [0.1, 0.15) is 0 Å². The number of anilines is 1. The van der Waals surface area contributed by atoms with E-state index in [1.54, 1.807) is 5.32 Å². The largest absolute Gasteiger partial charge is 0.501 e. The fourth-order valence-electron chi connectivity index (χ4n) is 1.63. The molecule has 1 amide bonds. The Bertz CT molecular complexity index is 878. The number of nitrogens with one attached hydrogen (secondary N) is 1. The van der Waals surface area contributed by atoms with E-state index in [-0.39, 0.29) is 5.56 Å². The highest BCUT2D eigenvalue weighted by Gasteiger charge is 2.73. The molecular formula is C13H9F10NO3S2. The van der Waals surface area contributed by atoms with Crippen molar-refractivity contribution in [2.24, 2.45) is 0 Å². The van der Waals surface area contributed by atoms with Crippen molar-refractivity contribution in [1.82, 2.24) is 0 Å². The summed E-state index contributed by atoms with van der Waals surface area (Å²) in [4.78, 5) is 10.3. The summed E-state index contributed by atoms with van der Waals surface area (Å²) in [5.41, 5.74) is -6.34. The van der Waals surface area contributed by atoms with Crippen molar-refractivity contribution in [1.29, 1.82) is 0 Å². The highest BCUT2D eigenvalue weighted by atomic mass is 32.2. The Labute approximate surface area is 160 Å². The van der Waals surface area contributed by atoms with Crippen molar-refractivity contribution < 1.29 is 57.1 Å². The monoisotopic (exact) mass is 481 g/mol. The summed E-state index contributed by atoms with van der Waals surface area (Å²) in [7, 11) is -5.82. The number of carbonyl (C=O) groups excluding carboxylic acids is 1. The molecule has 1 rings (SSSR count). The minimum Gasteiger partial charge on any atom is -0.325 e. The number of thioether (sulfide) groups is 1. The average molecular weight is 481 g/mol. The van der Waals surface area contributed by atoms with Crippen molar-refractivity contribution in [3.8, 4) is 0 Å². The van der Waals surface area contributed by atoms with Gasteiger partial charge in [-0.05, 0) is 24.6 Å². The molecular weight excluding hydrogens is 472 g/mol. The van der Waals surface area contributed by atoms with E-state index < -0.39 is 66.7 Å². The molecule has 0 bridgehead atoms. The third-order valence-corrected chi connectivity index (χ3v) is 5.71. The zero-order valence-corrected chi connectivity index (χ0v) is 15.4. The van der Waals surface area contributed by atoms with Gasteiger partial charge in [0.15, 0.2) is 0 Å². The predicted molar refractivity (Wildman–Crippen MR) is 81.5 cm³/mol. The normalized spacial score (nSPS) is 14.0. The van der Waals surface area contributed by atoms with Gasteiger partial charge in [-0.25, -0.2) is 8.42 Å². The van der Waals surface area contributed by atoms with Crippen LogP contribution in [0.25, 0.3) is 0 Å². The molecule has 29 heavy (non-hydrogen) atoms. The maximum absolute atomic E-state index is 13.1. The molecule has 0 unspecified atom stereocenters. The van der Waals surface area contributed by atoms with Crippen LogP contribution in [0.5, 0.6) is 0 Å². The summed E-state index contributed by atoms with van der Waals surface area (Å²) in [6.07, 6.45) is -6.60. The molecule has 0 heterocycles. The molecule has 166 valence electrons. The van der Waals surface area contributed by atoms with Crippen LogP contribution in [0.2, 0.25) is 0 Å². The van der Waals surface area contributed by atoms with E-state index in [1.165, 1.54) is 6.92 Å². The molecule has 0 aliphatic carbocycles. The molecule has 0 atom stereocenters. The SMILES string of the molecule is Cc1ccc(S(=O)(=O)C(F)(F)F)cc1NC(=O)CSC(F)(F)C(F)(F)C(F)(F)F. The van der Waals surface area contributed by atoms with Gasteiger partial charge in [0.25, 0.3) is 9.84 Å². The number of aryl methyl sites for hydroxylation is 1. The first-order valence-corrected chi connectivity index (χ1v) is 9.39. The van der Waals surface area contributed by atoms with Gasteiger partial charge in [0.05, 0.1) is 10.6 Å². The van der Waals surface area contributed by atoms with Crippen molar-refractivity contribution >= 4 is 33.2 Å². The lowest BCUT2D eigenvalue weighted by atomic mass is 10.2. The van der Waals surface area contributed by atoms with Crippen molar-refractivity contribution in [2.75, 3.05) is 11.1 Å². The molecule has 0 aliphatic heterocycles. The minimum absolute atomic E-state index is 0.0446. The molecule has 0 radical (unpaired) electrons. The lowest BCUT2D eigenvalue weighted by molar-refractivity contribution is -0.330. The third-order valence-electron chi connectivity index (χ3n) is 3.20. The summed E-state index contributed by atoms with van der Waals surface area (Å²) in [6, 6.07) is 1.71. The van der Waals surface area contributed by atoms with E-state index >= 15 is 0 Å². The van der Waals surface area contributed by atoms with Crippen LogP contribution < -0.4 is 5.32 Å². The number of hydrogen-bond acceptors (Lipinski definition) is 4. The first-order chi connectivity index (χ1) is 12.7. The molecule has 0 aromatic heterocycles. The van der Waals surface area contributed by atoms with Gasteiger partial charge >= 0.3 is 22.9 Å². The Morgan fingerprint density at radius 1 is 1.00 bits per heavy atom. The first-order valence-electron chi connectivity index (χ1n) is 6.92. The Kier molecular flexibility index (Phi) is 6.85. The molecule has 1 N–H and O–H groups in total. The second-order valence-corrected chi connectivity index (χ2v) is 8.38. The molecule has 4 nitrogen and oxygen atoms in total. The molecule has 16 heteroatoms. The Hall–Kier alpha value is -1.71. The van der Waals surface area contributed by atoms with Gasteiger partial charge < -0.3 is 5.32 Å². The van der Waals surface area contributed by atoms with Crippen LogP contribution in [0.15, 0.2) is 23.1 Å². The zero-order chi connectivity index (χ0) is 23.1. The fourth-order valence-corrected chi connectivity index (χ4v) is 3.10.